The van der Waals surface area contributed by atoms with Gasteiger partial charge in [0.25, 0.3) is 0 Å². The van der Waals surface area contributed by atoms with Crippen LogP contribution in [-0.2, 0) is 20.9 Å². The van der Waals surface area contributed by atoms with Gasteiger partial charge in [0.05, 0.1) is 29.7 Å². The summed E-state index contributed by atoms with van der Waals surface area (Å²) in [5, 5.41) is 13.2. The topological polar surface area (TPSA) is 118 Å². The van der Waals surface area contributed by atoms with Crippen LogP contribution in [0.3, 0.4) is 0 Å². The van der Waals surface area contributed by atoms with Crippen LogP contribution in [0.1, 0.15) is 28.3 Å². The Morgan fingerprint density at radius 2 is 1.61 bits per heavy atom. The molecule has 1 saturated heterocycles. The fraction of sp³-hybridized carbons (Fsp3) is 0.314. The number of nitrogens with zero attached hydrogens (tertiary/aromatic N) is 2. The summed E-state index contributed by atoms with van der Waals surface area (Å²) in [5.74, 6) is -0.741. The lowest BCUT2D eigenvalue weighted by atomic mass is 9.68. The van der Waals surface area contributed by atoms with E-state index in [-0.39, 0.29) is 63.8 Å². The molecule has 8 rings (SSSR count). The number of amides is 3. The number of rotatable bonds is 6. The number of fused-ring (bicyclic) bond motifs is 9. The predicted octanol–water partition coefficient (Wildman–Crippen LogP) is 5.25. The zero-order chi connectivity index (χ0) is 31.9. The quantitative estimate of drug-likeness (QED) is 0.216. The van der Waals surface area contributed by atoms with Crippen LogP contribution < -0.4 is 19.8 Å². The molecule has 2 aliphatic heterocycles. The number of thiazole rings is 1. The Hall–Kier alpha value is -4.35. The molecule has 3 aromatic carbocycles. The molecule has 4 aromatic rings. The first-order chi connectivity index (χ1) is 22.2. The van der Waals surface area contributed by atoms with Crippen LogP contribution in [-0.4, -0.2) is 39.8 Å². The molecule has 2 saturated carbocycles. The molecule has 7 atom stereocenters. The van der Waals surface area contributed by atoms with Crippen molar-refractivity contribution in [2.24, 2.45) is 29.6 Å². The Morgan fingerprint density at radius 1 is 0.935 bits per heavy atom. The lowest BCUT2D eigenvalue weighted by molar-refractivity contribution is -0.123. The summed E-state index contributed by atoms with van der Waals surface area (Å²) < 4.78 is 6.98. The average molecular weight is 654 g/mol. The molecular formula is C35H31N3O6S2. The van der Waals surface area contributed by atoms with Gasteiger partial charge in [-0.1, -0.05) is 41.2 Å². The van der Waals surface area contributed by atoms with E-state index in [2.05, 4.69) is 5.32 Å². The molecule has 9 nitrogen and oxygen atoms in total. The van der Waals surface area contributed by atoms with Gasteiger partial charge in [0, 0.05) is 21.7 Å². The van der Waals surface area contributed by atoms with Crippen molar-refractivity contribution in [2.75, 3.05) is 17.3 Å². The van der Waals surface area contributed by atoms with Crippen LogP contribution in [0.25, 0.3) is 0 Å². The van der Waals surface area contributed by atoms with Gasteiger partial charge in [-0.3, -0.25) is 28.6 Å². The smallest absolute Gasteiger partial charge is 0.308 e. The molecule has 3 amide bonds. The Morgan fingerprint density at radius 3 is 2.28 bits per heavy atom. The van der Waals surface area contributed by atoms with E-state index in [0.717, 1.165) is 44.5 Å². The molecule has 11 heteroatoms. The maximum absolute atomic E-state index is 14.0. The second-order valence-electron chi connectivity index (χ2n) is 12.6. The van der Waals surface area contributed by atoms with Gasteiger partial charge in [0.1, 0.15) is 18.0 Å². The van der Waals surface area contributed by atoms with Crippen LogP contribution in [0.15, 0.2) is 82.6 Å². The summed E-state index contributed by atoms with van der Waals surface area (Å²) in [6.45, 7) is 1.81. The van der Waals surface area contributed by atoms with Gasteiger partial charge >= 0.3 is 4.87 Å². The Kier molecular flexibility index (Phi) is 6.88. The molecule has 4 aliphatic rings. The Labute approximate surface area is 273 Å². The number of aromatic hydroxyl groups is 1. The van der Waals surface area contributed by atoms with E-state index in [1.165, 1.54) is 17.0 Å². The molecule has 1 aromatic heterocycles. The van der Waals surface area contributed by atoms with Crippen molar-refractivity contribution in [3.05, 3.63) is 98.5 Å². The van der Waals surface area contributed by atoms with Crippen LogP contribution in [0, 0.1) is 36.5 Å². The number of aryl methyl sites for hydroxylation is 1. The monoisotopic (exact) mass is 653 g/mol. The van der Waals surface area contributed by atoms with Crippen molar-refractivity contribution < 1.29 is 24.2 Å². The minimum atomic E-state index is -0.401. The van der Waals surface area contributed by atoms with Crippen LogP contribution in [0.4, 0.5) is 11.4 Å². The highest BCUT2D eigenvalue weighted by Crippen LogP contribution is 2.69. The number of carbonyl (C=O) groups is 3. The molecule has 2 aliphatic carbocycles. The molecule has 0 spiro atoms. The standard InChI is InChI=1S/C35H31N3O6S2/c1-17-3-9-20(10-4-17)38-32(41)28-23-15-24(29(28)33(38)42)30-27(23)26(18-5-13-22(44-2)14-6-18)31-34(45-30)37(35(43)46-31)16-25(40)36-19-7-11-21(39)12-8-19/h3-14,23-24,26-30,39H,15-16H2,1-2H3,(H,36,40). The van der Waals surface area contributed by atoms with Gasteiger partial charge in [0.2, 0.25) is 17.7 Å². The second kappa shape index (κ2) is 10.9. The molecule has 0 radical (unpaired) electrons. The van der Waals surface area contributed by atoms with Gasteiger partial charge in [0.15, 0.2) is 0 Å². The van der Waals surface area contributed by atoms with Gasteiger partial charge in [-0.25, -0.2) is 0 Å². The summed E-state index contributed by atoms with van der Waals surface area (Å²) in [5.41, 5.74) is 3.21. The number of thioether (sulfide) groups is 1. The summed E-state index contributed by atoms with van der Waals surface area (Å²) in [4.78, 5) is 56.8. The minimum Gasteiger partial charge on any atom is -0.508 e. The summed E-state index contributed by atoms with van der Waals surface area (Å²) >= 11 is 2.76. The molecule has 46 heavy (non-hydrogen) atoms. The van der Waals surface area contributed by atoms with E-state index >= 15 is 0 Å². The van der Waals surface area contributed by atoms with Crippen LogP contribution >= 0.6 is 23.1 Å². The summed E-state index contributed by atoms with van der Waals surface area (Å²) in [6, 6.07) is 21.6. The van der Waals surface area contributed by atoms with Crippen molar-refractivity contribution in [1.82, 2.24) is 4.57 Å². The van der Waals surface area contributed by atoms with E-state index in [0.29, 0.717) is 11.4 Å². The fourth-order valence-corrected chi connectivity index (χ4v) is 11.4. The minimum absolute atomic E-state index is 0.000907. The van der Waals surface area contributed by atoms with E-state index in [1.54, 1.807) is 35.6 Å². The molecule has 3 heterocycles. The van der Waals surface area contributed by atoms with E-state index < -0.39 is 11.8 Å². The predicted molar refractivity (Wildman–Crippen MR) is 176 cm³/mol. The third kappa shape index (κ3) is 4.43. The number of ether oxygens (including phenoxy) is 1. The largest absolute Gasteiger partial charge is 0.508 e. The first-order valence-corrected chi connectivity index (χ1v) is 17.0. The van der Waals surface area contributed by atoms with E-state index in [4.69, 9.17) is 4.74 Å². The van der Waals surface area contributed by atoms with Crippen molar-refractivity contribution >= 4 is 52.2 Å². The number of phenols is 1. The number of aromatic nitrogens is 1. The van der Waals surface area contributed by atoms with Gasteiger partial charge in [-0.05, 0) is 85.2 Å². The van der Waals surface area contributed by atoms with Crippen molar-refractivity contribution in [3.8, 4) is 11.5 Å². The van der Waals surface area contributed by atoms with Crippen molar-refractivity contribution in [1.29, 1.82) is 0 Å². The molecule has 7 unspecified atom stereocenters. The first kappa shape index (κ1) is 29.1. The fourth-order valence-electron chi connectivity index (χ4n) is 8.28. The Bertz CT molecular complexity index is 1930. The molecule has 3 fully saturated rings. The number of benzene rings is 3. The number of carbonyl (C=O) groups excluding carboxylic acids is 3. The number of hydrogen-bond acceptors (Lipinski definition) is 8. The maximum atomic E-state index is 14.0. The molecular weight excluding hydrogens is 623 g/mol. The number of imide groups is 1. The van der Waals surface area contributed by atoms with Gasteiger partial charge in [-0.2, -0.15) is 0 Å². The Balaban J connectivity index is 1.17. The van der Waals surface area contributed by atoms with E-state index in [9.17, 15) is 24.3 Å². The lowest BCUT2D eigenvalue weighted by Crippen LogP contribution is -2.43. The summed E-state index contributed by atoms with van der Waals surface area (Å²) in [6.07, 6.45) is 0.782. The summed E-state index contributed by atoms with van der Waals surface area (Å²) in [7, 11) is 1.62. The number of hydrogen-bond donors (Lipinski definition) is 2. The second-order valence-corrected chi connectivity index (χ2v) is 14.8. The lowest BCUT2D eigenvalue weighted by Gasteiger charge is -2.43. The zero-order valence-corrected chi connectivity index (χ0v) is 26.7. The number of anilines is 2. The molecule has 234 valence electrons. The third-order valence-corrected chi connectivity index (χ3v) is 13.0. The van der Waals surface area contributed by atoms with Gasteiger partial charge < -0.3 is 15.2 Å². The van der Waals surface area contributed by atoms with E-state index in [1.807, 2.05) is 55.5 Å². The SMILES string of the molecule is COc1ccc(C2c3sc(=O)n(CC(=O)Nc4ccc(O)cc4)c3SC3C4CC(C5C(=O)N(c6ccc(C)cc6)C(=O)C45)C23)cc1. The molecule has 2 N–H and O–H groups in total. The van der Waals surface area contributed by atoms with Crippen LogP contribution in [0.2, 0.25) is 0 Å². The maximum Gasteiger partial charge on any atom is 0.308 e. The van der Waals surface area contributed by atoms with Gasteiger partial charge in [-0.15, -0.1) is 11.8 Å². The molecule has 2 bridgehead atoms. The number of nitrogens with one attached hydrogen (secondary N) is 1. The third-order valence-electron chi connectivity index (χ3n) is 10.2. The first-order valence-electron chi connectivity index (χ1n) is 15.3. The highest BCUT2D eigenvalue weighted by atomic mass is 32.2. The average Bonchev–Trinajstić information content (AvgIpc) is 3.77. The van der Waals surface area contributed by atoms with Crippen molar-refractivity contribution in [3.63, 3.8) is 0 Å². The highest BCUT2D eigenvalue weighted by molar-refractivity contribution is 8.00. The normalized spacial score (nSPS) is 27.3. The number of phenolic OH excluding ortho intramolecular Hbond substituents is 1. The number of methoxy groups -OCH3 is 1. The van der Waals surface area contributed by atoms with Crippen molar-refractivity contribution in [2.45, 2.75) is 36.1 Å². The van der Waals surface area contributed by atoms with Crippen LogP contribution in [0.5, 0.6) is 11.5 Å². The zero-order valence-electron chi connectivity index (χ0n) is 25.1. The highest BCUT2D eigenvalue weighted by Gasteiger charge is 2.69.